The molecule has 1 amide bonds. The monoisotopic (exact) mass is 325 g/mol. The van der Waals surface area contributed by atoms with Crippen molar-refractivity contribution in [2.45, 2.75) is 6.54 Å². The van der Waals surface area contributed by atoms with E-state index in [1.807, 2.05) is 11.4 Å². The zero-order valence-electron chi connectivity index (χ0n) is 9.44. The Morgan fingerprint density at radius 2 is 2.11 bits per heavy atom. The van der Waals surface area contributed by atoms with Crippen LogP contribution >= 0.6 is 27.3 Å². The topological polar surface area (TPSA) is 81.1 Å². The molecule has 5 N–H and O–H groups in total. The van der Waals surface area contributed by atoms with Gasteiger partial charge in [0, 0.05) is 26.1 Å². The highest BCUT2D eigenvalue weighted by Gasteiger charge is 2.09. The quantitative estimate of drug-likeness (QED) is 0.759. The molecule has 0 aliphatic rings. The molecule has 0 atom stereocenters. The summed E-state index contributed by atoms with van der Waals surface area (Å²) in [5.41, 5.74) is 12.7. The molecule has 94 valence electrons. The summed E-state index contributed by atoms with van der Waals surface area (Å²) in [5, 5.41) is 4.79. The SMILES string of the molecule is Nc1ccc(C(=O)NCc2cc(Br)cs2)c(N)c1. The normalized spacial score (nSPS) is 10.3. The average molecular weight is 326 g/mol. The molecule has 0 unspecified atom stereocenters. The Kier molecular flexibility index (Phi) is 3.88. The third-order valence-corrected chi connectivity index (χ3v) is 4.06. The Labute approximate surface area is 117 Å². The van der Waals surface area contributed by atoms with E-state index in [0.717, 1.165) is 9.35 Å². The molecule has 0 aliphatic carbocycles. The molecule has 0 radical (unpaired) electrons. The van der Waals surface area contributed by atoms with Crippen LogP contribution in [0.5, 0.6) is 0 Å². The fraction of sp³-hybridized carbons (Fsp3) is 0.0833. The first-order valence-corrected chi connectivity index (χ1v) is 6.89. The number of nitrogen functional groups attached to an aromatic ring is 2. The first-order valence-electron chi connectivity index (χ1n) is 5.22. The lowest BCUT2D eigenvalue weighted by atomic mass is 10.1. The standard InChI is InChI=1S/C12H12BrN3OS/c13-7-3-9(18-6-7)5-16-12(17)10-2-1-8(14)4-11(10)15/h1-4,6H,5,14-15H2,(H,16,17). The third kappa shape index (κ3) is 3.02. The van der Waals surface area contributed by atoms with E-state index in [2.05, 4.69) is 21.2 Å². The second kappa shape index (κ2) is 5.41. The van der Waals surface area contributed by atoms with Crippen LogP contribution in [-0.2, 0) is 6.54 Å². The summed E-state index contributed by atoms with van der Waals surface area (Å²) in [6.45, 7) is 0.485. The summed E-state index contributed by atoms with van der Waals surface area (Å²) >= 11 is 4.95. The van der Waals surface area contributed by atoms with Gasteiger partial charge in [-0.05, 0) is 40.2 Å². The minimum absolute atomic E-state index is 0.197. The number of hydrogen-bond acceptors (Lipinski definition) is 4. The summed E-state index contributed by atoms with van der Waals surface area (Å²) in [6.07, 6.45) is 0. The van der Waals surface area contributed by atoms with Gasteiger partial charge in [-0.25, -0.2) is 0 Å². The summed E-state index contributed by atoms with van der Waals surface area (Å²) in [6, 6.07) is 6.84. The highest BCUT2D eigenvalue weighted by molar-refractivity contribution is 9.10. The van der Waals surface area contributed by atoms with Crippen molar-refractivity contribution in [2.75, 3.05) is 11.5 Å². The number of benzene rings is 1. The average Bonchev–Trinajstić information content (AvgIpc) is 2.72. The van der Waals surface area contributed by atoms with Crippen molar-refractivity contribution in [2.24, 2.45) is 0 Å². The van der Waals surface area contributed by atoms with Crippen LogP contribution in [0.3, 0.4) is 0 Å². The number of carbonyl (C=O) groups is 1. The Morgan fingerprint density at radius 1 is 1.33 bits per heavy atom. The number of rotatable bonds is 3. The molecule has 0 spiro atoms. The van der Waals surface area contributed by atoms with Gasteiger partial charge in [-0.1, -0.05) is 0 Å². The van der Waals surface area contributed by atoms with E-state index in [0.29, 0.717) is 23.5 Å². The molecule has 1 aromatic heterocycles. The van der Waals surface area contributed by atoms with Gasteiger partial charge in [-0.15, -0.1) is 11.3 Å². The van der Waals surface area contributed by atoms with Gasteiger partial charge in [-0.2, -0.15) is 0 Å². The van der Waals surface area contributed by atoms with E-state index in [9.17, 15) is 4.79 Å². The highest BCUT2D eigenvalue weighted by Crippen LogP contribution is 2.20. The molecule has 0 saturated carbocycles. The molecule has 0 bridgehead atoms. The van der Waals surface area contributed by atoms with Crippen molar-refractivity contribution < 1.29 is 4.79 Å². The Hall–Kier alpha value is -1.53. The van der Waals surface area contributed by atoms with Crippen LogP contribution in [0.2, 0.25) is 0 Å². The zero-order chi connectivity index (χ0) is 13.1. The maximum Gasteiger partial charge on any atom is 0.253 e. The molecule has 0 saturated heterocycles. The molecule has 2 rings (SSSR count). The predicted molar refractivity (Wildman–Crippen MR) is 78.5 cm³/mol. The first kappa shape index (κ1) is 12.9. The van der Waals surface area contributed by atoms with E-state index in [4.69, 9.17) is 11.5 Å². The lowest BCUT2D eigenvalue weighted by Crippen LogP contribution is -2.23. The van der Waals surface area contributed by atoms with E-state index in [1.165, 1.54) is 0 Å². The number of nitrogens with two attached hydrogens (primary N) is 2. The second-order valence-corrected chi connectivity index (χ2v) is 5.67. The Bertz CT molecular complexity index is 582. The number of anilines is 2. The smallest absolute Gasteiger partial charge is 0.253 e. The molecule has 4 nitrogen and oxygen atoms in total. The van der Waals surface area contributed by atoms with Gasteiger partial charge in [0.2, 0.25) is 0 Å². The fourth-order valence-electron chi connectivity index (χ4n) is 1.50. The van der Waals surface area contributed by atoms with Crippen LogP contribution in [0.15, 0.2) is 34.1 Å². The van der Waals surface area contributed by atoms with Crippen LogP contribution < -0.4 is 16.8 Å². The van der Waals surface area contributed by atoms with Crippen LogP contribution in [-0.4, -0.2) is 5.91 Å². The molecule has 18 heavy (non-hydrogen) atoms. The number of thiophene rings is 1. The van der Waals surface area contributed by atoms with Gasteiger partial charge in [-0.3, -0.25) is 4.79 Å². The molecule has 0 aliphatic heterocycles. The number of carbonyl (C=O) groups excluding carboxylic acids is 1. The number of amides is 1. The molecule has 0 fully saturated rings. The fourth-order valence-corrected chi connectivity index (χ4v) is 2.89. The Morgan fingerprint density at radius 3 is 2.72 bits per heavy atom. The van der Waals surface area contributed by atoms with Gasteiger partial charge in [0.1, 0.15) is 0 Å². The van der Waals surface area contributed by atoms with Gasteiger partial charge >= 0.3 is 0 Å². The molecular weight excluding hydrogens is 314 g/mol. The van der Waals surface area contributed by atoms with Gasteiger partial charge in [0.15, 0.2) is 0 Å². The summed E-state index contributed by atoms with van der Waals surface area (Å²) in [7, 11) is 0. The second-order valence-electron chi connectivity index (χ2n) is 3.76. The van der Waals surface area contributed by atoms with Gasteiger partial charge in [0.25, 0.3) is 5.91 Å². The van der Waals surface area contributed by atoms with Crippen LogP contribution in [0.4, 0.5) is 11.4 Å². The maximum atomic E-state index is 11.9. The maximum absolute atomic E-state index is 11.9. The van der Waals surface area contributed by atoms with Crippen LogP contribution in [0.1, 0.15) is 15.2 Å². The highest BCUT2D eigenvalue weighted by atomic mass is 79.9. The van der Waals surface area contributed by atoms with Gasteiger partial charge in [0.05, 0.1) is 12.1 Å². The molecular formula is C12H12BrN3OS. The molecule has 6 heteroatoms. The van der Waals surface area contributed by atoms with Crippen molar-refractivity contribution in [3.8, 4) is 0 Å². The lowest BCUT2D eigenvalue weighted by Gasteiger charge is -2.07. The van der Waals surface area contributed by atoms with Crippen molar-refractivity contribution in [1.29, 1.82) is 0 Å². The minimum atomic E-state index is -0.197. The van der Waals surface area contributed by atoms with Gasteiger partial charge < -0.3 is 16.8 Å². The summed E-state index contributed by atoms with van der Waals surface area (Å²) < 4.78 is 1.02. The number of halogens is 1. The minimum Gasteiger partial charge on any atom is -0.399 e. The Balaban J connectivity index is 2.03. The molecule has 1 heterocycles. The number of hydrogen-bond donors (Lipinski definition) is 3. The number of nitrogens with one attached hydrogen (secondary N) is 1. The van der Waals surface area contributed by atoms with Crippen molar-refractivity contribution in [3.05, 3.63) is 44.6 Å². The van der Waals surface area contributed by atoms with Crippen LogP contribution in [0.25, 0.3) is 0 Å². The molecule has 2 aromatic rings. The summed E-state index contributed by atoms with van der Waals surface area (Å²) in [5.74, 6) is -0.197. The van der Waals surface area contributed by atoms with Crippen LogP contribution in [0, 0.1) is 0 Å². The third-order valence-electron chi connectivity index (χ3n) is 2.37. The van der Waals surface area contributed by atoms with Crippen molar-refractivity contribution >= 4 is 44.5 Å². The first-order chi connectivity index (χ1) is 8.56. The van der Waals surface area contributed by atoms with E-state index in [1.54, 1.807) is 29.5 Å². The predicted octanol–water partition coefficient (Wildman–Crippen LogP) is 2.61. The molecule has 1 aromatic carbocycles. The summed E-state index contributed by atoms with van der Waals surface area (Å²) in [4.78, 5) is 13.0. The van der Waals surface area contributed by atoms with E-state index < -0.39 is 0 Å². The van der Waals surface area contributed by atoms with Crippen molar-refractivity contribution in [3.63, 3.8) is 0 Å². The largest absolute Gasteiger partial charge is 0.399 e. The lowest BCUT2D eigenvalue weighted by molar-refractivity contribution is 0.0952. The van der Waals surface area contributed by atoms with E-state index >= 15 is 0 Å². The zero-order valence-corrected chi connectivity index (χ0v) is 11.8. The van der Waals surface area contributed by atoms with E-state index in [-0.39, 0.29) is 5.91 Å². The van der Waals surface area contributed by atoms with Crippen molar-refractivity contribution in [1.82, 2.24) is 5.32 Å².